The number of benzene rings is 3. The number of rotatable bonds is 5. The average molecular weight is 376 g/mol. The van der Waals surface area contributed by atoms with E-state index in [1.165, 1.54) is 25.1 Å². The standard InChI is InChI=1S/C22H16O6/c1-15(23)26-19-13-12-18(27-21(24)16-8-4-2-5-9-16)14-20(19)28-22(25)17-10-6-3-7-11-17/h2-14H,1H3. The van der Waals surface area contributed by atoms with Crippen LogP contribution in [0, 0.1) is 0 Å². The zero-order chi connectivity index (χ0) is 19.9. The van der Waals surface area contributed by atoms with Crippen molar-refractivity contribution in [3.8, 4) is 17.2 Å². The summed E-state index contributed by atoms with van der Waals surface area (Å²) in [5.41, 5.74) is 0.692. The topological polar surface area (TPSA) is 78.9 Å². The molecule has 3 aromatic carbocycles. The number of ether oxygens (including phenoxy) is 3. The van der Waals surface area contributed by atoms with Gasteiger partial charge in [0.2, 0.25) is 0 Å². The van der Waals surface area contributed by atoms with Gasteiger partial charge in [0.25, 0.3) is 0 Å². The normalized spacial score (nSPS) is 10.0. The van der Waals surface area contributed by atoms with E-state index in [0.717, 1.165) is 0 Å². The van der Waals surface area contributed by atoms with Crippen molar-refractivity contribution in [2.45, 2.75) is 6.92 Å². The van der Waals surface area contributed by atoms with Crippen LogP contribution in [0.5, 0.6) is 17.2 Å². The van der Waals surface area contributed by atoms with Gasteiger partial charge in [0, 0.05) is 13.0 Å². The first kappa shape index (κ1) is 18.8. The van der Waals surface area contributed by atoms with Crippen molar-refractivity contribution in [1.82, 2.24) is 0 Å². The molecule has 0 unspecified atom stereocenters. The Morgan fingerprint density at radius 3 is 1.68 bits per heavy atom. The summed E-state index contributed by atoms with van der Waals surface area (Å²) in [6.45, 7) is 1.23. The van der Waals surface area contributed by atoms with Gasteiger partial charge >= 0.3 is 17.9 Å². The number of carbonyl (C=O) groups is 3. The zero-order valence-electron chi connectivity index (χ0n) is 15.0. The second-order valence-electron chi connectivity index (χ2n) is 5.71. The molecule has 0 fully saturated rings. The lowest BCUT2D eigenvalue weighted by molar-refractivity contribution is -0.132. The van der Waals surface area contributed by atoms with Gasteiger partial charge in [-0.3, -0.25) is 4.79 Å². The first-order chi connectivity index (χ1) is 13.5. The molecule has 0 heterocycles. The van der Waals surface area contributed by atoms with Crippen LogP contribution in [0.15, 0.2) is 78.9 Å². The van der Waals surface area contributed by atoms with Crippen molar-refractivity contribution in [2.24, 2.45) is 0 Å². The Hall–Kier alpha value is -3.93. The van der Waals surface area contributed by atoms with Crippen LogP contribution in [-0.2, 0) is 4.79 Å². The summed E-state index contributed by atoms with van der Waals surface area (Å²) in [5, 5.41) is 0. The zero-order valence-corrected chi connectivity index (χ0v) is 15.0. The number of esters is 3. The van der Waals surface area contributed by atoms with E-state index >= 15 is 0 Å². The Kier molecular flexibility index (Phi) is 5.81. The predicted molar refractivity (Wildman–Crippen MR) is 101 cm³/mol. The van der Waals surface area contributed by atoms with E-state index < -0.39 is 17.9 Å². The van der Waals surface area contributed by atoms with Gasteiger partial charge in [-0.2, -0.15) is 0 Å². The molecule has 0 saturated carbocycles. The van der Waals surface area contributed by atoms with Crippen molar-refractivity contribution < 1.29 is 28.6 Å². The summed E-state index contributed by atoms with van der Waals surface area (Å²) in [7, 11) is 0. The highest BCUT2D eigenvalue weighted by Crippen LogP contribution is 2.32. The Labute approximate surface area is 161 Å². The molecule has 0 aromatic heterocycles. The first-order valence-electron chi connectivity index (χ1n) is 8.40. The Morgan fingerprint density at radius 2 is 1.14 bits per heavy atom. The fourth-order valence-electron chi connectivity index (χ4n) is 2.34. The molecule has 0 radical (unpaired) electrons. The van der Waals surface area contributed by atoms with Crippen molar-refractivity contribution in [2.75, 3.05) is 0 Å². The maximum absolute atomic E-state index is 12.3. The van der Waals surface area contributed by atoms with Gasteiger partial charge in [-0.05, 0) is 36.4 Å². The molecule has 3 aromatic rings. The molecule has 0 amide bonds. The molecule has 28 heavy (non-hydrogen) atoms. The number of carbonyl (C=O) groups excluding carboxylic acids is 3. The molecule has 0 bridgehead atoms. The molecule has 0 aliphatic carbocycles. The molecule has 0 aliphatic heterocycles. The van der Waals surface area contributed by atoms with Gasteiger partial charge < -0.3 is 14.2 Å². The maximum atomic E-state index is 12.3. The van der Waals surface area contributed by atoms with Crippen molar-refractivity contribution in [1.29, 1.82) is 0 Å². The van der Waals surface area contributed by atoms with Crippen LogP contribution in [0.2, 0.25) is 0 Å². The molecule has 0 atom stereocenters. The highest BCUT2D eigenvalue weighted by molar-refractivity contribution is 5.92. The molecule has 6 nitrogen and oxygen atoms in total. The summed E-state index contributed by atoms with van der Waals surface area (Å²) in [6, 6.07) is 20.9. The average Bonchev–Trinajstić information content (AvgIpc) is 2.71. The molecule has 0 saturated heterocycles. The maximum Gasteiger partial charge on any atom is 0.343 e. The highest BCUT2D eigenvalue weighted by atomic mass is 16.6. The molecule has 0 aliphatic rings. The third-order valence-corrected chi connectivity index (χ3v) is 3.60. The summed E-state index contributed by atoms with van der Waals surface area (Å²) in [4.78, 5) is 35.9. The van der Waals surface area contributed by atoms with Gasteiger partial charge in [-0.25, -0.2) is 9.59 Å². The largest absolute Gasteiger partial charge is 0.423 e. The second kappa shape index (κ2) is 8.64. The third-order valence-electron chi connectivity index (χ3n) is 3.60. The van der Waals surface area contributed by atoms with Gasteiger partial charge in [-0.1, -0.05) is 36.4 Å². The van der Waals surface area contributed by atoms with E-state index in [1.54, 1.807) is 60.7 Å². The van der Waals surface area contributed by atoms with Gasteiger partial charge in [0.15, 0.2) is 11.5 Å². The van der Waals surface area contributed by atoms with E-state index in [4.69, 9.17) is 14.2 Å². The summed E-state index contributed by atoms with van der Waals surface area (Å²) in [6.07, 6.45) is 0. The van der Waals surface area contributed by atoms with Gasteiger partial charge in [0.1, 0.15) is 5.75 Å². The van der Waals surface area contributed by atoms with Crippen LogP contribution in [0.25, 0.3) is 0 Å². The lowest BCUT2D eigenvalue weighted by Gasteiger charge is -2.12. The quantitative estimate of drug-likeness (QED) is 0.494. The van der Waals surface area contributed by atoms with Crippen molar-refractivity contribution in [3.05, 3.63) is 90.0 Å². The van der Waals surface area contributed by atoms with Crippen LogP contribution in [0.1, 0.15) is 27.6 Å². The molecule has 0 spiro atoms. The van der Waals surface area contributed by atoms with Crippen molar-refractivity contribution in [3.63, 3.8) is 0 Å². The highest BCUT2D eigenvalue weighted by Gasteiger charge is 2.17. The lowest BCUT2D eigenvalue weighted by atomic mass is 10.2. The van der Waals surface area contributed by atoms with Crippen LogP contribution >= 0.6 is 0 Å². The van der Waals surface area contributed by atoms with Gasteiger partial charge in [0.05, 0.1) is 11.1 Å². The molecule has 3 rings (SSSR count). The van der Waals surface area contributed by atoms with Crippen LogP contribution < -0.4 is 14.2 Å². The summed E-state index contributed by atoms with van der Waals surface area (Å²) in [5.74, 6) is -1.65. The first-order valence-corrected chi connectivity index (χ1v) is 8.40. The van der Waals surface area contributed by atoms with E-state index in [-0.39, 0.29) is 17.2 Å². The molecule has 140 valence electrons. The Morgan fingerprint density at radius 1 is 0.607 bits per heavy atom. The van der Waals surface area contributed by atoms with Gasteiger partial charge in [-0.15, -0.1) is 0 Å². The minimum absolute atomic E-state index is 0.0382. The van der Waals surface area contributed by atoms with Crippen LogP contribution in [0.4, 0.5) is 0 Å². The molecule has 0 N–H and O–H groups in total. The summed E-state index contributed by atoms with van der Waals surface area (Å²) >= 11 is 0. The Bertz CT molecular complexity index is 996. The minimum atomic E-state index is -0.638. The predicted octanol–water partition coefficient (Wildman–Crippen LogP) is 4.05. The van der Waals surface area contributed by atoms with E-state index in [9.17, 15) is 14.4 Å². The van der Waals surface area contributed by atoms with Crippen LogP contribution in [-0.4, -0.2) is 17.9 Å². The number of hydrogen-bond acceptors (Lipinski definition) is 6. The lowest BCUT2D eigenvalue weighted by Crippen LogP contribution is -2.12. The monoisotopic (exact) mass is 376 g/mol. The molecule has 6 heteroatoms. The van der Waals surface area contributed by atoms with Crippen molar-refractivity contribution >= 4 is 17.9 Å². The smallest absolute Gasteiger partial charge is 0.343 e. The Balaban J connectivity index is 1.85. The third kappa shape index (κ3) is 4.82. The minimum Gasteiger partial charge on any atom is -0.423 e. The summed E-state index contributed by atoms with van der Waals surface area (Å²) < 4.78 is 15.7. The van der Waals surface area contributed by atoms with E-state index in [0.29, 0.717) is 11.1 Å². The van der Waals surface area contributed by atoms with Crippen LogP contribution in [0.3, 0.4) is 0 Å². The second-order valence-corrected chi connectivity index (χ2v) is 5.71. The fourth-order valence-corrected chi connectivity index (χ4v) is 2.34. The number of hydrogen-bond donors (Lipinski definition) is 0. The molecular formula is C22H16O6. The fraction of sp³-hybridized carbons (Fsp3) is 0.0455. The van der Waals surface area contributed by atoms with E-state index in [1.807, 2.05) is 0 Å². The SMILES string of the molecule is CC(=O)Oc1ccc(OC(=O)c2ccccc2)cc1OC(=O)c1ccccc1. The van der Waals surface area contributed by atoms with E-state index in [2.05, 4.69) is 0 Å². The molecular weight excluding hydrogens is 360 g/mol.